The van der Waals surface area contributed by atoms with E-state index in [9.17, 15) is 17.6 Å². The average molecular weight is 405 g/mol. The predicted octanol–water partition coefficient (Wildman–Crippen LogP) is 3.22. The fourth-order valence-electron chi connectivity index (χ4n) is 3.14. The first-order chi connectivity index (χ1) is 13.3. The maximum atomic E-state index is 13.0. The lowest BCUT2D eigenvalue weighted by molar-refractivity contribution is -0.116. The van der Waals surface area contributed by atoms with Gasteiger partial charge in [0.2, 0.25) is 15.9 Å². The van der Waals surface area contributed by atoms with E-state index in [0.29, 0.717) is 30.9 Å². The van der Waals surface area contributed by atoms with Crippen molar-refractivity contribution in [1.82, 2.24) is 0 Å². The lowest BCUT2D eigenvalue weighted by atomic mass is 10.2. The van der Waals surface area contributed by atoms with Crippen LogP contribution in [0.15, 0.2) is 48.5 Å². The molecule has 1 saturated heterocycles. The quantitative estimate of drug-likeness (QED) is 0.801. The lowest BCUT2D eigenvalue weighted by Crippen LogP contribution is -2.37. The van der Waals surface area contributed by atoms with Crippen molar-refractivity contribution in [2.75, 3.05) is 40.4 Å². The molecular weight excluding hydrogens is 381 g/mol. The van der Waals surface area contributed by atoms with Crippen LogP contribution in [-0.2, 0) is 14.8 Å². The number of nitrogens with one attached hydrogen (secondary N) is 1. The Morgan fingerprint density at radius 1 is 1.18 bits per heavy atom. The van der Waals surface area contributed by atoms with Crippen molar-refractivity contribution in [2.45, 2.75) is 19.3 Å². The molecule has 1 fully saturated rings. The second kappa shape index (κ2) is 8.60. The SMILES string of the molecule is CN(CCC(=O)Nc1cccc(N2CCCCS2(=O)=O)c1)c1ccc(F)cc1. The van der Waals surface area contributed by atoms with E-state index in [2.05, 4.69) is 5.32 Å². The number of benzene rings is 2. The fourth-order valence-corrected chi connectivity index (χ4v) is 4.77. The van der Waals surface area contributed by atoms with Gasteiger partial charge >= 0.3 is 0 Å². The minimum absolute atomic E-state index is 0.152. The third-order valence-corrected chi connectivity index (χ3v) is 6.58. The maximum Gasteiger partial charge on any atom is 0.235 e. The first-order valence-corrected chi connectivity index (χ1v) is 10.8. The number of amides is 1. The normalized spacial score (nSPS) is 15.9. The zero-order chi connectivity index (χ0) is 20.1. The van der Waals surface area contributed by atoms with Crippen LogP contribution in [-0.4, -0.2) is 40.2 Å². The third kappa shape index (κ3) is 5.01. The molecule has 28 heavy (non-hydrogen) atoms. The van der Waals surface area contributed by atoms with E-state index in [1.54, 1.807) is 36.4 Å². The number of rotatable bonds is 6. The summed E-state index contributed by atoms with van der Waals surface area (Å²) >= 11 is 0. The standard InChI is InChI=1S/C20H24FN3O3S/c1-23(18-9-7-16(21)8-10-18)13-11-20(25)22-17-5-4-6-19(15-17)24-12-2-3-14-28(24,26)27/h4-10,15H,2-3,11-14H2,1H3,(H,22,25). The number of carbonyl (C=O) groups excluding carboxylic acids is 1. The summed E-state index contributed by atoms with van der Waals surface area (Å²) in [5.41, 5.74) is 1.96. The topological polar surface area (TPSA) is 69.7 Å². The molecule has 1 aliphatic rings. The first-order valence-electron chi connectivity index (χ1n) is 9.22. The van der Waals surface area contributed by atoms with Gasteiger partial charge in [-0.05, 0) is 55.3 Å². The summed E-state index contributed by atoms with van der Waals surface area (Å²) in [6.45, 7) is 0.930. The molecule has 150 valence electrons. The molecule has 1 amide bonds. The van der Waals surface area contributed by atoms with Gasteiger partial charge in [0.15, 0.2) is 0 Å². The lowest BCUT2D eigenvalue weighted by Gasteiger charge is -2.28. The molecule has 0 aliphatic carbocycles. The van der Waals surface area contributed by atoms with Gasteiger partial charge in [0.1, 0.15) is 5.82 Å². The summed E-state index contributed by atoms with van der Waals surface area (Å²) in [5, 5.41) is 2.82. The van der Waals surface area contributed by atoms with Crippen molar-refractivity contribution < 1.29 is 17.6 Å². The van der Waals surface area contributed by atoms with Crippen LogP contribution >= 0.6 is 0 Å². The Morgan fingerprint density at radius 3 is 2.64 bits per heavy atom. The highest BCUT2D eigenvalue weighted by Gasteiger charge is 2.26. The van der Waals surface area contributed by atoms with Gasteiger partial charge in [0.25, 0.3) is 0 Å². The zero-order valence-electron chi connectivity index (χ0n) is 15.8. The van der Waals surface area contributed by atoms with Gasteiger partial charge in [-0.15, -0.1) is 0 Å². The number of nitrogens with zero attached hydrogens (tertiary/aromatic N) is 2. The van der Waals surface area contributed by atoms with Crippen LogP contribution in [0.25, 0.3) is 0 Å². The van der Waals surface area contributed by atoms with Crippen LogP contribution in [0.4, 0.5) is 21.5 Å². The number of halogens is 1. The predicted molar refractivity (Wildman–Crippen MR) is 110 cm³/mol. The Kier molecular flexibility index (Phi) is 6.18. The summed E-state index contributed by atoms with van der Waals surface area (Å²) < 4.78 is 38.9. The van der Waals surface area contributed by atoms with Crippen LogP contribution < -0.4 is 14.5 Å². The highest BCUT2D eigenvalue weighted by atomic mass is 32.2. The fraction of sp³-hybridized carbons (Fsp3) is 0.350. The smallest absolute Gasteiger partial charge is 0.235 e. The second-order valence-electron chi connectivity index (χ2n) is 6.84. The Balaban J connectivity index is 1.59. The largest absolute Gasteiger partial charge is 0.374 e. The van der Waals surface area contributed by atoms with Crippen LogP contribution in [0.2, 0.25) is 0 Å². The molecule has 2 aromatic carbocycles. The molecule has 2 aromatic rings. The van der Waals surface area contributed by atoms with E-state index < -0.39 is 10.0 Å². The van der Waals surface area contributed by atoms with Gasteiger partial charge in [0.05, 0.1) is 11.4 Å². The summed E-state index contributed by atoms with van der Waals surface area (Å²) in [5.74, 6) is -0.322. The van der Waals surface area contributed by atoms with Crippen LogP contribution in [0.3, 0.4) is 0 Å². The molecule has 1 aliphatic heterocycles. The minimum atomic E-state index is -3.29. The molecule has 0 unspecified atom stereocenters. The third-order valence-electron chi connectivity index (χ3n) is 4.71. The highest BCUT2D eigenvalue weighted by molar-refractivity contribution is 7.92. The number of hydrogen-bond acceptors (Lipinski definition) is 4. The van der Waals surface area contributed by atoms with Gasteiger partial charge in [-0.2, -0.15) is 0 Å². The Hall–Kier alpha value is -2.61. The molecule has 0 atom stereocenters. The molecule has 6 nitrogen and oxygen atoms in total. The van der Waals surface area contributed by atoms with Crippen molar-refractivity contribution in [3.05, 3.63) is 54.3 Å². The van der Waals surface area contributed by atoms with Gasteiger partial charge in [-0.1, -0.05) is 6.07 Å². The van der Waals surface area contributed by atoms with E-state index in [0.717, 1.165) is 12.1 Å². The number of anilines is 3. The van der Waals surface area contributed by atoms with Gasteiger partial charge in [-0.3, -0.25) is 9.10 Å². The van der Waals surface area contributed by atoms with E-state index >= 15 is 0 Å². The van der Waals surface area contributed by atoms with E-state index in [1.165, 1.54) is 16.4 Å². The van der Waals surface area contributed by atoms with Crippen molar-refractivity contribution in [1.29, 1.82) is 0 Å². The Morgan fingerprint density at radius 2 is 1.93 bits per heavy atom. The molecular formula is C20H24FN3O3S. The van der Waals surface area contributed by atoms with E-state index in [-0.39, 0.29) is 23.9 Å². The molecule has 0 radical (unpaired) electrons. The molecule has 0 spiro atoms. The molecule has 1 heterocycles. The van der Waals surface area contributed by atoms with Crippen LogP contribution in [0, 0.1) is 5.82 Å². The maximum absolute atomic E-state index is 13.0. The van der Waals surface area contributed by atoms with Crippen molar-refractivity contribution in [2.24, 2.45) is 0 Å². The summed E-state index contributed by atoms with van der Waals surface area (Å²) in [4.78, 5) is 14.2. The van der Waals surface area contributed by atoms with E-state index in [4.69, 9.17) is 0 Å². The Labute approximate surface area is 165 Å². The summed E-state index contributed by atoms with van der Waals surface area (Å²) in [6, 6.07) is 13.0. The number of sulfonamides is 1. The molecule has 0 aromatic heterocycles. The summed E-state index contributed by atoms with van der Waals surface area (Å²) in [7, 11) is -1.45. The molecule has 0 saturated carbocycles. The number of hydrogen-bond donors (Lipinski definition) is 1. The molecule has 1 N–H and O–H groups in total. The highest BCUT2D eigenvalue weighted by Crippen LogP contribution is 2.26. The average Bonchev–Trinajstić information content (AvgIpc) is 2.66. The second-order valence-corrected chi connectivity index (χ2v) is 8.85. The molecule has 8 heteroatoms. The number of carbonyl (C=O) groups is 1. The van der Waals surface area contributed by atoms with Gasteiger partial charge < -0.3 is 10.2 Å². The van der Waals surface area contributed by atoms with Crippen molar-refractivity contribution in [3.8, 4) is 0 Å². The molecule has 0 bridgehead atoms. The minimum Gasteiger partial charge on any atom is -0.374 e. The molecule has 3 rings (SSSR count). The van der Waals surface area contributed by atoms with Crippen LogP contribution in [0.5, 0.6) is 0 Å². The zero-order valence-corrected chi connectivity index (χ0v) is 16.6. The first kappa shape index (κ1) is 20.1. The van der Waals surface area contributed by atoms with Crippen molar-refractivity contribution >= 4 is 33.0 Å². The van der Waals surface area contributed by atoms with Crippen molar-refractivity contribution in [3.63, 3.8) is 0 Å². The van der Waals surface area contributed by atoms with Crippen LogP contribution in [0.1, 0.15) is 19.3 Å². The monoisotopic (exact) mass is 405 g/mol. The van der Waals surface area contributed by atoms with Gasteiger partial charge in [-0.25, -0.2) is 12.8 Å². The summed E-state index contributed by atoms with van der Waals surface area (Å²) in [6.07, 6.45) is 1.75. The van der Waals surface area contributed by atoms with E-state index in [1.807, 2.05) is 11.9 Å². The Bertz CT molecular complexity index is 932. The van der Waals surface area contributed by atoms with Gasteiger partial charge in [0, 0.05) is 37.9 Å².